The molecule has 3 atom stereocenters. The molecule has 6 heteroatoms. The van der Waals surface area contributed by atoms with Gasteiger partial charge in [0.15, 0.2) is 0 Å². The van der Waals surface area contributed by atoms with Crippen LogP contribution in [-0.4, -0.2) is 29.6 Å². The number of nitrogens with zero attached hydrogens (tertiary/aromatic N) is 1. The van der Waals surface area contributed by atoms with E-state index in [1.165, 1.54) is 0 Å². The molecule has 1 saturated heterocycles. The van der Waals surface area contributed by atoms with Crippen molar-refractivity contribution in [3.8, 4) is 0 Å². The fraction of sp³-hybridized carbons (Fsp3) is 0.538. The Morgan fingerprint density at radius 1 is 1.37 bits per heavy atom. The Kier molecular flexibility index (Phi) is 9.01. The van der Waals surface area contributed by atoms with Gasteiger partial charge in [-0.15, -0.1) is 13.0 Å². The molecule has 3 nitrogen and oxygen atoms in total. The van der Waals surface area contributed by atoms with Gasteiger partial charge in [-0.05, 0) is 6.42 Å². The molecule has 19 heavy (non-hydrogen) atoms. The molecular weight excluding hydrogens is 580 g/mol. The van der Waals surface area contributed by atoms with E-state index in [2.05, 4.69) is 24.7 Å². The van der Waals surface area contributed by atoms with Gasteiger partial charge in [0.05, 0.1) is 6.29 Å². The molecule has 0 aromatic heterocycles. The molecule has 0 amide bonds. The molecule has 2 heterocycles. The second kappa shape index (κ2) is 8.30. The minimum absolute atomic E-state index is 0. The van der Waals surface area contributed by atoms with E-state index < -0.39 is 0 Å². The van der Waals surface area contributed by atoms with E-state index in [0.29, 0.717) is 11.5 Å². The van der Waals surface area contributed by atoms with Crippen LogP contribution in [0.5, 0.6) is 0 Å². The minimum atomic E-state index is -0.117. The van der Waals surface area contributed by atoms with Crippen LogP contribution in [0, 0.1) is 55.8 Å². The number of Topliss-reactive ketones (excluding diaryl/α,β-unsaturated/α-hetero) is 1. The Bertz CT molecular complexity index is 402. The van der Waals surface area contributed by atoms with Gasteiger partial charge in [0.1, 0.15) is 0 Å². The van der Waals surface area contributed by atoms with Gasteiger partial charge in [-0.2, -0.15) is 5.92 Å². The number of hydrogen-bond acceptors (Lipinski definition) is 3. The molecule has 0 N–H and O–H groups in total. The summed E-state index contributed by atoms with van der Waals surface area (Å²) in [4.78, 5) is 25.3. The molecule has 2 aliphatic heterocycles. The topological polar surface area (TPSA) is 37.4 Å². The summed E-state index contributed by atoms with van der Waals surface area (Å²) in [7, 11) is 0. The molecule has 0 bridgehead atoms. The Morgan fingerprint density at radius 2 is 2.05 bits per heavy atom. The zero-order valence-corrected chi connectivity index (χ0v) is 19.2. The molecule has 3 rings (SSSR count). The number of hydrogen-bond donors (Lipinski definition) is 0. The monoisotopic (exact) mass is 594 g/mol. The standard InChI is InChI=1S/C13H14NO2.U.V.Y/c1-8-5-9-12(6-8)14-4-2-3-11(14)10(7-15)13(9)16;;;/h5-6,8-9,12H,2-4H2,1H3;;;/q-3;;;. The van der Waals surface area contributed by atoms with Crippen LogP contribution in [0.25, 0.3) is 0 Å². The quantitative estimate of drug-likeness (QED) is 0.337. The molecule has 0 aromatic rings. The van der Waals surface area contributed by atoms with Crippen molar-refractivity contribution in [3.63, 3.8) is 0 Å². The van der Waals surface area contributed by atoms with E-state index in [9.17, 15) is 9.59 Å². The number of fused-ring (bicyclic) bond motifs is 3. The van der Waals surface area contributed by atoms with Crippen LogP contribution in [0.3, 0.4) is 0 Å². The van der Waals surface area contributed by atoms with E-state index in [1.807, 2.05) is 6.29 Å². The van der Waals surface area contributed by atoms with Crippen LogP contribution < -0.4 is 0 Å². The molecule has 2 fully saturated rings. The molecule has 1 saturated carbocycles. The first-order chi connectivity index (χ1) is 7.72. The van der Waals surface area contributed by atoms with Crippen molar-refractivity contribution in [1.82, 2.24) is 4.90 Å². The Hall–Kier alpha value is 1.62. The fourth-order valence-electron chi connectivity index (χ4n) is 3.19. The van der Waals surface area contributed by atoms with Crippen LogP contribution in [0.1, 0.15) is 19.8 Å². The second-order valence-electron chi connectivity index (χ2n) is 4.85. The molecule has 1 aliphatic carbocycles. The zero-order valence-electron chi connectivity index (χ0n) is 10.8. The first kappa shape index (κ1) is 20.6. The van der Waals surface area contributed by atoms with Gasteiger partial charge in [0.25, 0.3) is 0 Å². The van der Waals surface area contributed by atoms with Crippen molar-refractivity contribution in [2.24, 2.45) is 11.8 Å². The third-order valence-electron chi connectivity index (χ3n) is 3.84. The minimum Gasteiger partial charge on any atom is -0.454 e. The molecule has 0 spiro atoms. The summed E-state index contributed by atoms with van der Waals surface area (Å²) in [5.74, 6) is 0.217. The van der Waals surface area contributed by atoms with Crippen molar-refractivity contribution in [2.75, 3.05) is 6.54 Å². The third-order valence-corrected chi connectivity index (χ3v) is 3.84. The van der Waals surface area contributed by atoms with Crippen LogP contribution in [0.2, 0.25) is 0 Å². The predicted molar refractivity (Wildman–Crippen MR) is 58.7 cm³/mol. The molecule has 3 unspecified atom stereocenters. The van der Waals surface area contributed by atoms with Crippen molar-refractivity contribution >= 4 is 12.1 Å². The summed E-state index contributed by atoms with van der Waals surface area (Å²) in [6.07, 6.45) is 8.02. The van der Waals surface area contributed by atoms with Crippen LogP contribution in [0.4, 0.5) is 0 Å². The normalized spacial score (nSPS) is 31.7. The Morgan fingerprint density at radius 3 is 2.68 bits per heavy atom. The van der Waals surface area contributed by atoms with E-state index in [-0.39, 0.29) is 100 Å². The summed E-state index contributed by atoms with van der Waals surface area (Å²) >= 11 is 0. The number of rotatable bonds is 1. The van der Waals surface area contributed by atoms with Crippen LogP contribution in [0.15, 0.2) is 11.3 Å². The van der Waals surface area contributed by atoms with E-state index in [0.717, 1.165) is 25.1 Å². The fourth-order valence-corrected chi connectivity index (χ4v) is 3.19. The molecule has 2 radical (unpaired) electrons. The predicted octanol–water partition coefficient (Wildman–Crippen LogP) is 1.07. The maximum Gasteiger partial charge on any atom is 0.0677 e. The summed E-state index contributed by atoms with van der Waals surface area (Å²) in [5.41, 5.74) is 1.23. The van der Waals surface area contributed by atoms with Crippen LogP contribution in [-0.2, 0) is 60.9 Å². The van der Waals surface area contributed by atoms with E-state index in [4.69, 9.17) is 0 Å². The van der Waals surface area contributed by atoms with Gasteiger partial charge >= 0.3 is 0 Å². The van der Waals surface area contributed by atoms with Crippen molar-refractivity contribution < 1.29 is 92.0 Å². The number of carbonyl (C=O) groups is 1. The number of allylic oxidation sites excluding steroid dienone is 2. The van der Waals surface area contributed by atoms with E-state index in [1.54, 1.807) is 0 Å². The van der Waals surface area contributed by atoms with Gasteiger partial charge in [-0.25, -0.2) is 0 Å². The smallest absolute Gasteiger partial charge is 0.0677 e. The summed E-state index contributed by atoms with van der Waals surface area (Å²) in [6, 6.07) is 0.192. The first-order valence-corrected chi connectivity index (χ1v) is 5.84. The van der Waals surface area contributed by atoms with Crippen LogP contribution >= 0.6 is 0 Å². The van der Waals surface area contributed by atoms with Gasteiger partial charge in [0, 0.05) is 94.7 Å². The Labute approximate surface area is 175 Å². The summed E-state index contributed by atoms with van der Waals surface area (Å²) in [6.45, 7) is 3.05. The van der Waals surface area contributed by atoms with Crippen molar-refractivity contribution in [2.45, 2.75) is 25.8 Å². The number of carbonyl (C=O) groups excluding carboxylic acids is 2. The molecule has 0 aromatic carbocycles. The average Bonchev–Trinajstić information content (AvgIpc) is 2.84. The largest absolute Gasteiger partial charge is 0.454 e. The number of ketones is 1. The van der Waals surface area contributed by atoms with Gasteiger partial charge in [-0.3, -0.25) is 0 Å². The van der Waals surface area contributed by atoms with Gasteiger partial charge in [-0.1, -0.05) is 17.7 Å². The maximum atomic E-state index is 12.1. The second-order valence-corrected chi connectivity index (χ2v) is 4.85. The SMILES string of the molecule is CC1[CH-]C2C(=O)C([C-]=O)=C3CCCN3C2[CH-]1.[U].[V].[Y]. The zero-order chi connectivity index (χ0) is 11.3. The summed E-state index contributed by atoms with van der Waals surface area (Å²) < 4.78 is 0. The third kappa shape index (κ3) is 3.52. The average molecular weight is 594 g/mol. The van der Waals surface area contributed by atoms with E-state index >= 15 is 0 Å². The maximum absolute atomic E-state index is 12.1. The van der Waals surface area contributed by atoms with Gasteiger partial charge < -0.3 is 33.2 Å². The molecule has 3 aliphatic rings. The van der Waals surface area contributed by atoms with Gasteiger partial charge in [0.2, 0.25) is 0 Å². The Balaban J connectivity index is 0.00000108. The van der Waals surface area contributed by atoms with Crippen molar-refractivity contribution in [3.05, 3.63) is 24.1 Å². The van der Waals surface area contributed by atoms with Crippen molar-refractivity contribution in [1.29, 1.82) is 0 Å². The first-order valence-electron chi connectivity index (χ1n) is 5.84. The molecular formula is C13H14NO2UVY-3. The molecule has 98 valence electrons. The summed E-state index contributed by atoms with van der Waals surface area (Å²) in [5, 5.41) is 0.